The SMILES string of the molecule is O=C(NCC1CC1)[C@]12CCO[C@H]1CCN(C1CCC1)C2. The fraction of sp³-hybridized carbons (Fsp3) is 0.938. The van der Waals surface area contributed by atoms with Crippen molar-refractivity contribution >= 4 is 5.91 Å². The minimum absolute atomic E-state index is 0.165. The van der Waals surface area contributed by atoms with Crippen LogP contribution < -0.4 is 5.32 Å². The first-order valence-corrected chi connectivity index (χ1v) is 8.42. The van der Waals surface area contributed by atoms with Gasteiger partial charge in [-0.3, -0.25) is 9.69 Å². The summed E-state index contributed by atoms with van der Waals surface area (Å²) >= 11 is 0. The van der Waals surface area contributed by atoms with E-state index in [1.165, 1.54) is 32.1 Å². The van der Waals surface area contributed by atoms with Gasteiger partial charge in [0.1, 0.15) is 0 Å². The molecule has 0 spiro atoms. The summed E-state index contributed by atoms with van der Waals surface area (Å²) in [6.45, 7) is 3.70. The fourth-order valence-electron chi connectivity index (χ4n) is 4.10. The normalized spacial score (nSPS) is 38.3. The van der Waals surface area contributed by atoms with Gasteiger partial charge in [-0.15, -0.1) is 0 Å². The van der Waals surface area contributed by atoms with Gasteiger partial charge in [0.2, 0.25) is 5.91 Å². The Labute approximate surface area is 121 Å². The zero-order chi connectivity index (χ0) is 13.6. The van der Waals surface area contributed by atoms with Crippen LogP contribution in [0.15, 0.2) is 0 Å². The van der Waals surface area contributed by atoms with E-state index < -0.39 is 0 Å². The number of hydrogen-bond donors (Lipinski definition) is 1. The minimum atomic E-state index is -0.247. The van der Waals surface area contributed by atoms with Crippen LogP contribution in [0.5, 0.6) is 0 Å². The molecule has 4 aliphatic rings. The van der Waals surface area contributed by atoms with Crippen molar-refractivity contribution in [3.63, 3.8) is 0 Å². The van der Waals surface area contributed by atoms with Gasteiger partial charge in [0.05, 0.1) is 11.5 Å². The molecule has 20 heavy (non-hydrogen) atoms. The van der Waals surface area contributed by atoms with Crippen molar-refractivity contribution in [3.8, 4) is 0 Å². The quantitative estimate of drug-likeness (QED) is 0.848. The molecule has 0 unspecified atom stereocenters. The van der Waals surface area contributed by atoms with Crippen LogP contribution in [0.3, 0.4) is 0 Å². The van der Waals surface area contributed by atoms with Gasteiger partial charge in [0.25, 0.3) is 0 Å². The summed E-state index contributed by atoms with van der Waals surface area (Å²) in [4.78, 5) is 15.4. The molecule has 112 valence electrons. The van der Waals surface area contributed by atoms with E-state index in [1.54, 1.807) is 0 Å². The van der Waals surface area contributed by atoms with Crippen LogP contribution in [0.1, 0.15) is 44.9 Å². The highest BCUT2D eigenvalue weighted by Crippen LogP contribution is 2.43. The molecular weight excluding hydrogens is 252 g/mol. The molecule has 0 aromatic rings. The van der Waals surface area contributed by atoms with Gasteiger partial charge in [-0.1, -0.05) is 6.42 Å². The molecule has 0 aromatic heterocycles. The van der Waals surface area contributed by atoms with Crippen LogP contribution in [0.4, 0.5) is 0 Å². The van der Waals surface area contributed by atoms with Crippen molar-refractivity contribution in [2.45, 2.75) is 57.1 Å². The number of nitrogens with zero attached hydrogens (tertiary/aromatic N) is 1. The Kier molecular flexibility index (Phi) is 3.26. The van der Waals surface area contributed by atoms with Crippen LogP contribution in [-0.4, -0.2) is 49.2 Å². The molecule has 2 aliphatic heterocycles. The second-order valence-electron chi connectivity index (χ2n) is 7.26. The third-order valence-corrected chi connectivity index (χ3v) is 5.94. The molecule has 2 heterocycles. The topological polar surface area (TPSA) is 41.6 Å². The first kappa shape index (κ1) is 13.1. The molecule has 4 heteroatoms. The third kappa shape index (κ3) is 2.17. The van der Waals surface area contributed by atoms with E-state index in [0.29, 0.717) is 0 Å². The van der Waals surface area contributed by atoms with Gasteiger partial charge >= 0.3 is 0 Å². The molecule has 0 radical (unpaired) electrons. The number of carbonyl (C=O) groups is 1. The average molecular weight is 278 g/mol. The average Bonchev–Trinajstić information content (AvgIpc) is 3.11. The first-order valence-electron chi connectivity index (χ1n) is 8.42. The van der Waals surface area contributed by atoms with Gasteiger partial charge in [0, 0.05) is 32.3 Å². The monoisotopic (exact) mass is 278 g/mol. The minimum Gasteiger partial charge on any atom is -0.377 e. The smallest absolute Gasteiger partial charge is 0.230 e. The van der Waals surface area contributed by atoms with E-state index in [0.717, 1.165) is 51.0 Å². The molecule has 4 fully saturated rings. The predicted octanol–water partition coefficient (Wildman–Crippen LogP) is 1.55. The van der Waals surface area contributed by atoms with Crippen molar-refractivity contribution in [1.82, 2.24) is 10.2 Å². The lowest BCUT2D eigenvalue weighted by Crippen LogP contribution is -2.60. The van der Waals surface area contributed by atoms with Gasteiger partial charge < -0.3 is 10.1 Å². The molecule has 0 aromatic carbocycles. The molecular formula is C16H26N2O2. The van der Waals surface area contributed by atoms with Crippen LogP contribution in [0.25, 0.3) is 0 Å². The fourth-order valence-corrected chi connectivity index (χ4v) is 4.10. The molecule has 4 nitrogen and oxygen atoms in total. The van der Waals surface area contributed by atoms with E-state index >= 15 is 0 Å². The maximum absolute atomic E-state index is 12.8. The summed E-state index contributed by atoms with van der Waals surface area (Å²) in [6.07, 6.45) is 8.71. The number of amides is 1. The van der Waals surface area contributed by atoms with E-state index in [1.807, 2.05) is 0 Å². The molecule has 2 saturated heterocycles. The highest BCUT2D eigenvalue weighted by atomic mass is 16.5. The summed E-state index contributed by atoms with van der Waals surface area (Å²) in [7, 11) is 0. The third-order valence-electron chi connectivity index (χ3n) is 5.94. The van der Waals surface area contributed by atoms with E-state index in [-0.39, 0.29) is 17.4 Å². The number of hydrogen-bond acceptors (Lipinski definition) is 3. The second kappa shape index (κ2) is 4.99. The summed E-state index contributed by atoms with van der Waals surface area (Å²) < 4.78 is 5.90. The van der Waals surface area contributed by atoms with Crippen molar-refractivity contribution in [3.05, 3.63) is 0 Å². The van der Waals surface area contributed by atoms with Crippen LogP contribution in [0.2, 0.25) is 0 Å². The highest BCUT2D eigenvalue weighted by molar-refractivity contribution is 5.84. The van der Waals surface area contributed by atoms with Crippen LogP contribution in [0, 0.1) is 11.3 Å². The van der Waals surface area contributed by atoms with Gasteiger partial charge in [-0.25, -0.2) is 0 Å². The van der Waals surface area contributed by atoms with Crippen LogP contribution >= 0.6 is 0 Å². The van der Waals surface area contributed by atoms with E-state index in [9.17, 15) is 4.79 Å². The molecule has 1 N–H and O–H groups in total. The summed E-state index contributed by atoms with van der Waals surface area (Å²) in [6, 6.07) is 0.740. The second-order valence-corrected chi connectivity index (χ2v) is 7.26. The summed E-state index contributed by atoms with van der Waals surface area (Å²) in [5, 5.41) is 3.23. The standard InChI is InChI=1S/C16H26N2O2/c19-15(17-10-12-4-5-12)16-7-9-20-14(16)6-8-18(11-16)13-2-1-3-13/h12-14H,1-11H2,(H,17,19)/t14-,16-/m0/s1. The van der Waals surface area contributed by atoms with Gasteiger partial charge in [-0.2, -0.15) is 0 Å². The Hall–Kier alpha value is -0.610. The number of piperidine rings is 1. The van der Waals surface area contributed by atoms with Crippen LogP contribution in [-0.2, 0) is 9.53 Å². The van der Waals surface area contributed by atoms with Crippen molar-refractivity contribution < 1.29 is 9.53 Å². The predicted molar refractivity (Wildman–Crippen MR) is 76.4 cm³/mol. The molecule has 0 bridgehead atoms. The van der Waals surface area contributed by atoms with Crippen molar-refractivity contribution in [1.29, 1.82) is 0 Å². The lowest BCUT2D eigenvalue weighted by molar-refractivity contribution is -0.141. The molecule has 1 amide bonds. The largest absolute Gasteiger partial charge is 0.377 e. The Balaban J connectivity index is 1.46. The number of ether oxygens (including phenoxy) is 1. The Bertz CT molecular complexity index is 392. The lowest BCUT2D eigenvalue weighted by atomic mass is 9.74. The number of carbonyl (C=O) groups excluding carboxylic acids is 1. The number of rotatable bonds is 4. The Morgan fingerprint density at radius 1 is 1.25 bits per heavy atom. The zero-order valence-electron chi connectivity index (χ0n) is 12.3. The van der Waals surface area contributed by atoms with E-state index in [2.05, 4.69) is 10.2 Å². The first-order chi connectivity index (χ1) is 9.78. The molecule has 4 rings (SSSR count). The number of likely N-dealkylation sites (tertiary alicyclic amines) is 1. The van der Waals surface area contributed by atoms with Gasteiger partial charge in [-0.05, 0) is 44.4 Å². The van der Waals surface area contributed by atoms with Crippen molar-refractivity contribution in [2.75, 3.05) is 26.2 Å². The highest BCUT2D eigenvalue weighted by Gasteiger charge is 2.54. The van der Waals surface area contributed by atoms with Crippen molar-refractivity contribution in [2.24, 2.45) is 11.3 Å². The summed E-state index contributed by atoms with van der Waals surface area (Å²) in [5.74, 6) is 1.03. The Morgan fingerprint density at radius 2 is 2.10 bits per heavy atom. The molecule has 2 atom stereocenters. The summed E-state index contributed by atoms with van der Waals surface area (Å²) in [5.41, 5.74) is -0.247. The lowest BCUT2D eigenvalue weighted by Gasteiger charge is -2.47. The zero-order valence-corrected chi connectivity index (χ0v) is 12.3. The van der Waals surface area contributed by atoms with E-state index in [4.69, 9.17) is 4.74 Å². The molecule has 2 aliphatic carbocycles. The Morgan fingerprint density at radius 3 is 2.80 bits per heavy atom. The maximum atomic E-state index is 12.8. The number of fused-ring (bicyclic) bond motifs is 1. The molecule has 2 saturated carbocycles. The van der Waals surface area contributed by atoms with Gasteiger partial charge in [0.15, 0.2) is 0 Å². The number of nitrogens with one attached hydrogen (secondary N) is 1. The maximum Gasteiger partial charge on any atom is 0.230 e.